The Morgan fingerprint density at radius 3 is 2.71 bits per heavy atom. The van der Waals surface area contributed by atoms with Crippen LogP contribution in [0.1, 0.15) is 5.56 Å². The van der Waals surface area contributed by atoms with Crippen molar-refractivity contribution in [3.05, 3.63) is 22.7 Å². The highest BCUT2D eigenvalue weighted by Gasteiger charge is 2.18. The lowest BCUT2D eigenvalue weighted by molar-refractivity contribution is 0.374. The summed E-state index contributed by atoms with van der Waals surface area (Å²) in [6.07, 6.45) is 0. The van der Waals surface area contributed by atoms with Gasteiger partial charge in [-0.3, -0.25) is 5.10 Å². The van der Waals surface area contributed by atoms with Crippen LogP contribution in [0.2, 0.25) is 5.02 Å². The number of ether oxygens (including phenoxy) is 1. The number of H-pyrrole nitrogens is 1. The number of benzene rings is 1. The van der Waals surface area contributed by atoms with Gasteiger partial charge in [0.1, 0.15) is 5.82 Å². The lowest BCUT2D eigenvalue weighted by Crippen LogP contribution is -1.91. The number of aryl methyl sites for hydroxylation is 1. The van der Waals surface area contributed by atoms with Crippen molar-refractivity contribution < 1.29 is 9.84 Å². The number of aromatic amines is 1. The van der Waals surface area contributed by atoms with Gasteiger partial charge >= 0.3 is 0 Å². The predicted molar refractivity (Wildman–Crippen MR) is 66.4 cm³/mol. The number of halogens is 1. The number of anilines is 1. The van der Waals surface area contributed by atoms with Gasteiger partial charge in [0.2, 0.25) is 0 Å². The average Bonchev–Trinajstić information content (AvgIpc) is 2.64. The zero-order valence-electron chi connectivity index (χ0n) is 9.41. The third-order valence-corrected chi connectivity index (χ3v) is 2.76. The second-order valence-corrected chi connectivity index (χ2v) is 4.05. The van der Waals surface area contributed by atoms with Gasteiger partial charge in [0.05, 0.1) is 17.8 Å². The van der Waals surface area contributed by atoms with Gasteiger partial charge < -0.3 is 15.6 Å². The second-order valence-electron chi connectivity index (χ2n) is 3.64. The summed E-state index contributed by atoms with van der Waals surface area (Å²) in [4.78, 5) is 0. The highest BCUT2D eigenvalue weighted by atomic mass is 35.5. The molecule has 1 aromatic carbocycles. The summed E-state index contributed by atoms with van der Waals surface area (Å²) in [6.45, 7) is 1.83. The molecule has 0 bridgehead atoms. The lowest BCUT2D eigenvalue weighted by Gasteiger charge is -2.12. The highest BCUT2D eigenvalue weighted by Crippen LogP contribution is 2.43. The number of nitrogen functional groups attached to an aromatic ring is 1. The predicted octanol–water partition coefficient (Wildman–Crippen LogP) is 2.33. The van der Waals surface area contributed by atoms with Gasteiger partial charge in [-0.15, -0.1) is 0 Å². The molecular formula is C11H12ClN3O2. The van der Waals surface area contributed by atoms with Crippen molar-refractivity contribution in [1.82, 2.24) is 10.2 Å². The number of aromatic hydroxyl groups is 1. The van der Waals surface area contributed by atoms with Crippen LogP contribution in [0.5, 0.6) is 11.5 Å². The molecule has 0 aliphatic heterocycles. The van der Waals surface area contributed by atoms with E-state index in [0.717, 1.165) is 5.56 Å². The van der Waals surface area contributed by atoms with Crippen LogP contribution >= 0.6 is 11.6 Å². The Bertz CT molecular complexity index is 566. The largest absolute Gasteiger partial charge is 0.504 e. The first kappa shape index (κ1) is 11.6. The van der Waals surface area contributed by atoms with Gasteiger partial charge in [-0.05, 0) is 18.6 Å². The number of rotatable bonds is 2. The smallest absolute Gasteiger partial charge is 0.179 e. The van der Waals surface area contributed by atoms with E-state index in [-0.39, 0.29) is 11.5 Å². The van der Waals surface area contributed by atoms with E-state index in [0.29, 0.717) is 22.1 Å². The molecule has 5 nitrogen and oxygen atoms in total. The molecular weight excluding hydrogens is 242 g/mol. The maximum absolute atomic E-state index is 10.1. The summed E-state index contributed by atoms with van der Waals surface area (Å²) in [5.41, 5.74) is 7.54. The third kappa shape index (κ3) is 1.89. The average molecular weight is 254 g/mol. The van der Waals surface area contributed by atoms with Crippen LogP contribution in [-0.2, 0) is 0 Å². The second kappa shape index (κ2) is 4.18. The Kier molecular flexibility index (Phi) is 2.85. The SMILES string of the molecule is COc1c(Cl)cc(C)c(-c2cc(N)n[nH]2)c1O. The fraction of sp³-hybridized carbons (Fsp3) is 0.182. The molecule has 0 unspecified atom stereocenters. The molecule has 0 aliphatic carbocycles. The van der Waals surface area contributed by atoms with Crippen LogP contribution in [-0.4, -0.2) is 22.4 Å². The van der Waals surface area contributed by atoms with Gasteiger partial charge in [0.25, 0.3) is 0 Å². The molecule has 0 radical (unpaired) electrons. The molecule has 0 fully saturated rings. The van der Waals surface area contributed by atoms with E-state index in [1.807, 2.05) is 6.92 Å². The Morgan fingerprint density at radius 2 is 2.18 bits per heavy atom. The molecule has 1 heterocycles. The van der Waals surface area contributed by atoms with Crippen LogP contribution in [0.4, 0.5) is 5.82 Å². The molecule has 0 saturated carbocycles. The third-order valence-electron chi connectivity index (χ3n) is 2.48. The van der Waals surface area contributed by atoms with Crippen LogP contribution in [0.25, 0.3) is 11.3 Å². The van der Waals surface area contributed by atoms with E-state index in [1.54, 1.807) is 12.1 Å². The maximum atomic E-state index is 10.1. The molecule has 17 heavy (non-hydrogen) atoms. The molecule has 6 heteroatoms. The van der Waals surface area contributed by atoms with Crippen molar-refractivity contribution in [2.24, 2.45) is 0 Å². The Balaban J connectivity index is 2.69. The van der Waals surface area contributed by atoms with Crippen molar-refractivity contribution in [2.45, 2.75) is 6.92 Å². The van der Waals surface area contributed by atoms with E-state index in [9.17, 15) is 5.11 Å². The summed E-state index contributed by atoms with van der Waals surface area (Å²) in [5, 5.41) is 17.0. The number of methoxy groups -OCH3 is 1. The van der Waals surface area contributed by atoms with E-state index in [2.05, 4.69) is 10.2 Å². The minimum atomic E-state index is -0.0267. The minimum Gasteiger partial charge on any atom is -0.504 e. The van der Waals surface area contributed by atoms with Crippen LogP contribution in [0.15, 0.2) is 12.1 Å². The molecule has 1 aromatic heterocycles. The number of phenols is 1. The van der Waals surface area contributed by atoms with E-state index in [4.69, 9.17) is 22.1 Å². The zero-order valence-corrected chi connectivity index (χ0v) is 10.2. The molecule has 90 valence electrons. The van der Waals surface area contributed by atoms with Gasteiger partial charge in [-0.2, -0.15) is 5.10 Å². The topological polar surface area (TPSA) is 84.2 Å². The minimum absolute atomic E-state index is 0.0267. The number of hydrogen-bond acceptors (Lipinski definition) is 4. The highest BCUT2D eigenvalue weighted by molar-refractivity contribution is 6.32. The van der Waals surface area contributed by atoms with Crippen molar-refractivity contribution >= 4 is 17.4 Å². The zero-order chi connectivity index (χ0) is 12.6. The molecule has 0 atom stereocenters. The van der Waals surface area contributed by atoms with Crippen LogP contribution < -0.4 is 10.5 Å². The molecule has 4 N–H and O–H groups in total. The number of phenolic OH excluding ortho intramolecular Hbond substituents is 1. The van der Waals surface area contributed by atoms with Crippen molar-refractivity contribution in [3.8, 4) is 22.8 Å². The Labute approximate surface area is 103 Å². The van der Waals surface area contributed by atoms with E-state index in [1.165, 1.54) is 7.11 Å². The molecule has 0 spiro atoms. The number of nitrogens with zero attached hydrogens (tertiary/aromatic N) is 1. The summed E-state index contributed by atoms with van der Waals surface area (Å²) >= 11 is 5.96. The normalized spacial score (nSPS) is 10.5. The molecule has 2 aromatic rings. The Morgan fingerprint density at radius 1 is 1.47 bits per heavy atom. The monoisotopic (exact) mass is 253 g/mol. The van der Waals surface area contributed by atoms with Crippen molar-refractivity contribution in [2.75, 3.05) is 12.8 Å². The maximum Gasteiger partial charge on any atom is 0.179 e. The number of aromatic nitrogens is 2. The fourth-order valence-electron chi connectivity index (χ4n) is 1.74. The Hall–Kier alpha value is -1.88. The van der Waals surface area contributed by atoms with Crippen molar-refractivity contribution in [3.63, 3.8) is 0 Å². The van der Waals surface area contributed by atoms with Gasteiger partial charge in [0, 0.05) is 11.6 Å². The quantitative estimate of drug-likeness (QED) is 0.767. The van der Waals surface area contributed by atoms with Crippen molar-refractivity contribution in [1.29, 1.82) is 0 Å². The fourth-order valence-corrected chi connectivity index (χ4v) is 2.07. The summed E-state index contributed by atoms with van der Waals surface area (Å²) in [5.74, 6) is 0.564. The van der Waals surface area contributed by atoms with Gasteiger partial charge in [-0.25, -0.2) is 0 Å². The van der Waals surface area contributed by atoms with E-state index < -0.39 is 0 Å². The summed E-state index contributed by atoms with van der Waals surface area (Å²) in [7, 11) is 1.45. The lowest BCUT2D eigenvalue weighted by atomic mass is 10.0. The first-order valence-electron chi connectivity index (χ1n) is 4.92. The van der Waals surface area contributed by atoms with Crippen LogP contribution in [0.3, 0.4) is 0 Å². The number of nitrogens with one attached hydrogen (secondary N) is 1. The first-order chi connectivity index (χ1) is 8.04. The summed E-state index contributed by atoms with van der Waals surface area (Å²) in [6, 6.07) is 3.35. The van der Waals surface area contributed by atoms with Gasteiger partial charge in [-0.1, -0.05) is 11.6 Å². The number of hydrogen-bond donors (Lipinski definition) is 3. The summed E-state index contributed by atoms with van der Waals surface area (Å²) < 4.78 is 5.05. The number of nitrogens with two attached hydrogens (primary N) is 1. The molecule has 0 saturated heterocycles. The van der Waals surface area contributed by atoms with Gasteiger partial charge in [0.15, 0.2) is 11.5 Å². The standard InChI is InChI=1S/C11H12ClN3O2/c1-5-3-6(12)11(17-2)10(16)9(5)7-4-8(13)15-14-7/h3-4,16H,1-2H3,(H3,13,14,15). The molecule has 0 aliphatic rings. The molecule has 2 rings (SSSR count). The van der Waals surface area contributed by atoms with E-state index >= 15 is 0 Å². The first-order valence-corrected chi connectivity index (χ1v) is 5.29. The van der Waals surface area contributed by atoms with Crippen LogP contribution in [0, 0.1) is 6.92 Å². The molecule has 0 amide bonds.